The third-order valence-electron chi connectivity index (χ3n) is 4.10. The van der Waals surface area contributed by atoms with Gasteiger partial charge in [0.2, 0.25) is 5.91 Å². The number of carbonyl (C=O) groups is 1. The molecule has 0 saturated heterocycles. The van der Waals surface area contributed by atoms with Crippen LogP contribution in [0.25, 0.3) is 21.3 Å². The highest BCUT2D eigenvalue weighted by Crippen LogP contribution is 2.36. The summed E-state index contributed by atoms with van der Waals surface area (Å²) in [7, 11) is 0. The van der Waals surface area contributed by atoms with Gasteiger partial charge in [-0.2, -0.15) is 0 Å². The van der Waals surface area contributed by atoms with Crippen molar-refractivity contribution in [3.8, 4) is 11.1 Å². The van der Waals surface area contributed by atoms with Gasteiger partial charge in [0.25, 0.3) is 5.56 Å². The molecule has 2 aromatic heterocycles. The Hall–Kier alpha value is -1.99. The van der Waals surface area contributed by atoms with Crippen molar-refractivity contribution in [2.24, 2.45) is 5.73 Å². The van der Waals surface area contributed by atoms with Crippen molar-refractivity contribution in [1.29, 1.82) is 0 Å². The Bertz CT molecular complexity index is 1010. The number of primary amides is 1. The molecular weight excluding hydrogens is 402 g/mol. The van der Waals surface area contributed by atoms with Crippen LogP contribution in [0, 0.1) is 6.92 Å². The molecular formula is C18H18BrN3O2S. The molecule has 25 heavy (non-hydrogen) atoms. The van der Waals surface area contributed by atoms with Crippen LogP contribution in [0.1, 0.15) is 24.0 Å². The molecule has 0 aliphatic carbocycles. The van der Waals surface area contributed by atoms with Crippen molar-refractivity contribution >= 4 is 43.4 Å². The van der Waals surface area contributed by atoms with Crippen molar-refractivity contribution in [3.05, 3.63) is 49.8 Å². The average molecular weight is 420 g/mol. The smallest absolute Gasteiger partial charge is 0.262 e. The average Bonchev–Trinajstić information content (AvgIpc) is 2.90. The minimum absolute atomic E-state index is 0.106. The zero-order valence-corrected chi connectivity index (χ0v) is 16.4. The molecule has 3 aromatic rings. The van der Waals surface area contributed by atoms with E-state index in [4.69, 9.17) is 5.73 Å². The number of rotatable bonds is 5. The monoisotopic (exact) mass is 419 g/mol. The first-order chi connectivity index (χ1) is 11.9. The Morgan fingerprint density at radius 2 is 2.00 bits per heavy atom. The second-order valence-electron chi connectivity index (χ2n) is 5.77. The van der Waals surface area contributed by atoms with Crippen molar-refractivity contribution in [1.82, 2.24) is 9.55 Å². The summed E-state index contributed by atoms with van der Waals surface area (Å²) in [6.07, 6.45) is 0.741. The van der Waals surface area contributed by atoms with Crippen LogP contribution in [0.2, 0.25) is 0 Å². The summed E-state index contributed by atoms with van der Waals surface area (Å²) in [5, 5.41) is 0.617. The molecule has 0 bridgehead atoms. The zero-order chi connectivity index (χ0) is 18.1. The molecule has 130 valence electrons. The van der Waals surface area contributed by atoms with Crippen molar-refractivity contribution < 1.29 is 4.79 Å². The summed E-state index contributed by atoms with van der Waals surface area (Å²) >= 11 is 4.96. The van der Waals surface area contributed by atoms with Crippen molar-refractivity contribution in [2.45, 2.75) is 33.2 Å². The number of benzene rings is 1. The van der Waals surface area contributed by atoms with E-state index in [0.29, 0.717) is 17.6 Å². The minimum atomic E-state index is -0.427. The van der Waals surface area contributed by atoms with Crippen LogP contribution in [0.5, 0.6) is 0 Å². The molecule has 0 unspecified atom stereocenters. The van der Waals surface area contributed by atoms with Crippen molar-refractivity contribution in [2.75, 3.05) is 0 Å². The third-order valence-corrected chi connectivity index (χ3v) is 5.63. The Labute approximate surface area is 157 Å². The molecule has 0 atom stereocenters. The van der Waals surface area contributed by atoms with Gasteiger partial charge in [0.05, 0.1) is 5.39 Å². The second kappa shape index (κ2) is 7.09. The summed E-state index contributed by atoms with van der Waals surface area (Å²) in [4.78, 5) is 30.8. The molecule has 0 saturated carbocycles. The third kappa shape index (κ3) is 3.39. The Balaban J connectivity index is 2.27. The topological polar surface area (TPSA) is 78.0 Å². The number of thiophene rings is 1. The number of hydrogen-bond acceptors (Lipinski definition) is 4. The van der Waals surface area contributed by atoms with Crippen LogP contribution in [0.3, 0.4) is 0 Å². The van der Waals surface area contributed by atoms with E-state index in [0.717, 1.165) is 25.3 Å². The maximum absolute atomic E-state index is 13.2. The van der Waals surface area contributed by atoms with Gasteiger partial charge >= 0.3 is 0 Å². The van der Waals surface area contributed by atoms with Gasteiger partial charge < -0.3 is 5.73 Å². The fourth-order valence-electron chi connectivity index (χ4n) is 2.92. The number of nitrogens with two attached hydrogens (primary N) is 1. The molecule has 2 N–H and O–H groups in total. The fourth-order valence-corrected chi connectivity index (χ4v) is 4.24. The van der Waals surface area contributed by atoms with Crippen LogP contribution in [0.15, 0.2) is 33.5 Å². The molecule has 0 spiro atoms. The van der Waals surface area contributed by atoms with E-state index in [1.54, 1.807) is 4.57 Å². The highest BCUT2D eigenvalue weighted by Gasteiger charge is 2.19. The molecule has 3 rings (SSSR count). The standard InChI is InChI=1S/C18H18BrN3O2S/c1-3-14-21-17-16(18(24)22(14)9-8-13(20)23)15(10(2)25-17)11-4-6-12(19)7-5-11/h4-7H,3,8-9H2,1-2H3,(H2,20,23). The SMILES string of the molecule is CCc1nc2sc(C)c(-c3ccc(Br)cc3)c2c(=O)n1CCC(N)=O. The summed E-state index contributed by atoms with van der Waals surface area (Å²) in [6.45, 7) is 4.21. The van der Waals surface area contributed by atoms with E-state index in [1.165, 1.54) is 11.3 Å². The van der Waals surface area contributed by atoms with Gasteiger partial charge in [0.15, 0.2) is 0 Å². The number of aryl methyl sites for hydroxylation is 2. The van der Waals surface area contributed by atoms with Gasteiger partial charge in [0, 0.05) is 34.3 Å². The van der Waals surface area contributed by atoms with Crippen LogP contribution >= 0.6 is 27.3 Å². The largest absolute Gasteiger partial charge is 0.370 e. The summed E-state index contributed by atoms with van der Waals surface area (Å²) in [6, 6.07) is 7.88. The molecule has 1 aromatic carbocycles. The van der Waals surface area contributed by atoms with Crippen LogP contribution in [0.4, 0.5) is 0 Å². The summed E-state index contributed by atoms with van der Waals surface area (Å²) in [5.41, 5.74) is 7.05. The molecule has 2 heterocycles. The van der Waals surface area contributed by atoms with Crippen LogP contribution < -0.4 is 11.3 Å². The van der Waals surface area contributed by atoms with Gasteiger partial charge in [0.1, 0.15) is 10.7 Å². The quantitative estimate of drug-likeness (QED) is 0.685. The number of aromatic nitrogens is 2. The normalized spacial score (nSPS) is 11.2. The van der Waals surface area contributed by atoms with E-state index >= 15 is 0 Å². The van der Waals surface area contributed by atoms with Gasteiger partial charge in [-0.15, -0.1) is 11.3 Å². The number of fused-ring (bicyclic) bond motifs is 1. The molecule has 7 heteroatoms. The fraction of sp³-hybridized carbons (Fsp3) is 0.278. The van der Waals surface area contributed by atoms with Crippen molar-refractivity contribution in [3.63, 3.8) is 0 Å². The Morgan fingerprint density at radius 3 is 2.60 bits per heavy atom. The van der Waals surface area contributed by atoms with Crippen LogP contribution in [-0.4, -0.2) is 15.5 Å². The van der Waals surface area contributed by atoms with E-state index in [-0.39, 0.29) is 18.5 Å². The number of halogens is 1. The zero-order valence-electron chi connectivity index (χ0n) is 14.0. The second-order valence-corrected chi connectivity index (χ2v) is 7.89. The van der Waals surface area contributed by atoms with E-state index in [2.05, 4.69) is 20.9 Å². The minimum Gasteiger partial charge on any atom is -0.370 e. The molecule has 5 nitrogen and oxygen atoms in total. The predicted molar refractivity (Wildman–Crippen MR) is 105 cm³/mol. The lowest BCUT2D eigenvalue weighted by atomic mass is 10.0. The van der Waals surface area contributed by atoms with Gasteiger partial charge in [-0.3, -0.25) is 14.2 Å². The highest BCUT2D eigenvalue weighted by atomic mass is 79.9. The van der Waals surface area contributed by atoms with Gasteiger partial charge in [-0.25, -0.2) is 4.98 Å². The van der Waals surface area contributed by atoms with Gasteiger partial charge in [-0.05, 0) is 24.6 Å². The Morgan fingerprint density at radius 1 is 1.32 bits per heavy atom. The lowest BCUT2D eigenvalue weighted by Gasteiger charge is -2.11. The Kier molecular flexibility index (Phi) is 5.06. The van der Waals surface area contributed by atoms with E-state index in [9.17, 15) is 9.59 Å². The molecule has 0 aliphatic rings. The maximum atomic E-state index is 13.2. The van der Waals surface area contributed by atoms with Crippen LogP contribution in [-0.2, 0) is 17.8 Å². The lowest BCUT2D eigenvalue weighted by molar-refractivity contribution is -0.118. The highest BCUT2D eigenvalue weighted by molar-refractivity contribution is 9.10. The number of nitrogens with zero attached hydrogens (tertiary/aromatic N) is 2. The molecule has 0 aliphatic heterocycles. The first-order valence-corrected chi connectivity index (χ1v) is 9.60. The maximum Gasteiger partial charge on any atom is 0.262 e. The summed E-state index contributed by atoms with van der Waals surface area (Å²) < 4.78 is 2.57. The summed E-state index contributed by atoms with van der Waals surface area (Å²) in [5.74, 6) is 0.256. The van der Waals surface area contributed by atoms with Gasteiger partial charge in [-0.1, -0.05) is 35.0 Å². The first-order valence-electron chi connectivity index (χ1n) is 7.99. The molecule has 0 radical (unpaired) electrons. The predicted octanol–water partition coefficient (Wildman–Crippen LogP) is 3.63. The number of carbonyl (C=O) groups excluding carboxylic acids is 1. The van der Waals surface area contributed by atoms with E-state index in [1.807, 2.05) is 38.1 Å². The molecule has 0 fully saturated rings. The lowest BCUT2D eigenvalue weighted by Crippen LogP contribution is -2.27. The first kappa shape index (κ1) is 17.8. The molecule has 1 amide bonds. The number of amides is 1. The number of hydrogen-bond donors (Lipinski definition) is 1. The van der Waals surface area contributed by atoms with E-state index < -0.39 is 5.91 Å².